The van der Waals surface area contributed by atoms with Crippen LogP contribution in [0.2, 0.25) is 0 Å². The number of rotatable bonds is 2. The fourth-order valence-electron chi connectivity index (χ4n) is 3.27. The van der Waals surface area contributed by atoms with Crippen LogP contribution < -0.4 is 4.74 Å². The van der Waals surface area contributed by atoms with E-state index in [1.807, 2.05) is 24.3 Å². The van der Waals surface area contributed by atoms with Crippen molar-refractivity contribution in [2.45, 2.75) is 19.8 Å². The molecule has 0 N–H and O–H groups in total. The van der Waals surface area contributed by atoms with Gasteiger partial charge in [0.05, 0.1) is 14.2 Å². The van der Waals surface area contributed by atoms with Crippen LogP contribution in [0.5, 0.6) is 5.75 Å². The van der Waals surface area contributed by atoms with Crippen molar-refractivity contribution in [1.29, 1.82) is 0 Å². The second-order valence-electron chi connectivity index (χ2n) is 5.80. The van der Waals surface area contributed by atoms with Crippen LogP contribution in [-0.4, -0.2) is 26.0 Å². The van der Waals surface area contributed by atoms with Gasteiger partial charge in [-0.05, 0) is 36.8 Å². The van der Waals surface area contributed by atoms with Crippen LogP contribution in [0.4, 0.5) is 0 Å². The van der Waals surface area contributed by atoms with Gasteiger partial charge in [0.15, 0.2) is 5.78 Å². The molecule has 1 atom stereocenters. The summed E-state index contributed by atoms with van der Waals surface area (Å²) >= 11 is 0. The normalized spacial score (nSPS) is 20.6. The predicted molar refractivity (Wildman–Crippen MR) is 83.3 cm³/mol. The summed E-state index contributed by atoms with van der Waals surface area (Å²) in [4.78, 5) is 24.9. The number of ether oxygens (including phenoxy) is 2. The largest absolute Gasteiger partial charge is 0.496 e. The summed E-state index contributed by atoms with van der Waals surface area (Å²) in [5.41, 5.74) is 0.453. The zero-order valence-corrected chi connectivity index (χ0v) is 12.9. The zero-order chi connectivity index (χ0) is 15.9. The first-order valence-corrected chi connectivity index (χ1v) is 7.24. The van der Waals surface area contributed by atoms with Crippen LogP contribution in [0.1, 0.15) is 29.3 Å². The Kier molecular flexibility index (Phi) is 3.39. The molecule has 0 amide bonds. The second-order valence-corrected chi connectivity index (χ2v) is 5.80. The molecular weight excluding hydrogens is 280 g/mol. The van der Waals surface area contributed by atoms with Gasteiger partial charge >= 0.3 is 5.97 Å². The van der Waals surface area contributed by atoms with Crippen molar-refractivity contribution in [2.75, 3.05) is 14.2 Å². The summed E-state index contributed by atoms with van der Waals surface area (Å²) in [6.45, 7) is 1.66. The molecular formula is C18H18O4. The van der Waals surface area contributed by atoms with Gasteiger partial charge in [-0.3, -0.25) is 9.59 Å². The fraction of sp³-hybridized carbons (Fsp3) is 0.333. The Labute approximate surface area is 129 Å². The predicted octanol–water partition coefficient (Wildman–Crippen LogP) is 3.16. The van der Waals surface area contributed by atoms with Crippen LogP contribution in [0.25, 0.3) is 10.8 Å². The summed E-state index contributed by atoms with van der Waals surface area (Å²) in [6, 6.07) is 9.52. The Morgan fingerprint density at radius 3 is 2.64 bits per heavy atom. The first-order valence-electron chi connectivity index (χ1n) is 7.24. The Bertz CT molecular complexity index is 778. The molecule has 2 aromatic carbocycles. The summed E-state index contributed by atoms with van der Waals surface area (Å²) in [6.07, 6.45) is 1.09. The van der Waals surface area contributed by atoms with E-state index in [1.165, 1.54) is 7.11 Å². The summed E-state index contributed by atoms with van der Waals surface area (Å²) < 4.78 is 10.3. The summed E-state index contributed by atoms with van der Waals surface area (Å²) in [5.74, 6) is 0.112. The van der Waals surface area contributed by atoms with E-state index < -0.39 is 11.4 Å². The lowest BCUT2D eigenvalue weighted by molar-refractivity contribution is -0.149. The number of methoxy groups -OCH3 is 2. The minimum Gasteiger partial charge on any atom is -0.496 e. The molecule has 0 heterocycles. The van der Waals surface area contributed by atoms with Crippen LogP contribution >= 0.6 is 0 Å². The lowest BCUT2D eigenvalue weighted by Gasteiger charge is -2.31. The highest BCUT2D eigenvalue weighted by atomic mass is 16.5. The number of ketones is 1. The van der Waals surface area contributed by atoms with E-state index in [1.54, 1.807) is 20.1 Å². The minimum absolute atomic E-state index is 0.173. The minimum atomic E-state index is -1.10. The summed E-state index contributed by atoms with van der Waals surface area (Å²) in [7, 11) is 2.94. The number of hydrogen-bond acceptors (Lipinski definition) is 4. The van der Waals surface area contributed by atoms with Crippen molar-refractivity contribution in [3.63, 3.8) is 0 Å². The lowest BCUT2D eigenvalue weighted by atomic mass is 9.71. The Balaban J connectivity index is 2.23. The van der Waals surface area contributed by atoms with E-state index in [0.717, 1.165) is 22.1 Å². The molecule has 0 radical (unpaired) electrons. The van der Waals surface area contributed by atoms with E-state index in [4.69, 9.17) is 9.47 Å². The quantitative estimate of drug-likeness (QED) is 0.631. The smallest absolute Gasteiger partial charge is 0.319 e. The van der Waals surface area contributed by atoms with Gasteiger partial charge in [-0.15, -0.1) is 0 Å². The number of esters is 1. The first-order chi connectivity index (χ1) is 10.5. The van der Waals surface area contributed by atoms with Crippen molar-refractivity contribution in [2.24, 2.45) is 5.41 Å². The molecule has 3 rings (SSSR count). The molecule has 1 unspecified atom stereocenters. The number of Topliss-reactive ketones (excluding diaryl/α,β-unsaturated/α-hetero) is 1. The number of carbonyl (C=O) groups is 2. The van der Waals surface area contributed by atoms with Crippen molar-refractivity contribution >= 4 is 22.5 Å². The molecule has 0 spiro atoms. The molecule has 0 aliphatic heterocycles. The molecule has 0 fully saturated rings. The molecule has 0 saturated carbocycles. The maximum atomic E-state index is 12.8. The Hall–Kier alpha value is -2.36. The highest BCUT2D eigenvalue weighted by molar-refractivity contribution is 6.16. The van der Waals surface area contributed by atoms with Crippen molar-refractivity contribution < 1.29 is 19.1 Å². The van der Waals surface area contributed by atoms with Crippen molar-refractivity contribution in [1.82, 2.24) is 0 Å². The van der Waals surface area contributed by atoms with Gasteiger partial charge in [-0.2, -0.15) is 0 Å². The van der Waals surface area contributed by atoms with Gasteiger partial charge < -0.3 is 9.47 Å². The topological polar surface area (TPSA) is 52.6 Å². The van der Waals surface area contributed by atoms with Gasteiger partial charge in [-0.25, -0.2) is 0 Å². The molecule has 2 aromatic rings. The number of benzene rings is 2. The van der Waals surface area contributed by atoms with E-state index in [-0.39, 0.29) is 5.78 Å². The van der Waals surface area contributed by atoms with Crippen molar-refractivity contribution in [3.8, 4) is 5.75 Å². The van der Waals surface area contributed by atoms with Crippen LogP contribution in [-0.2, 0) is 16.0 Å². The van der Waals surface area contributed by atoms with Gasteiger partial charge in [0.1, 0.15) is 11.2 Å². The SMILES string of the molecule is COC(=O)C1(C)CCc2c(ccc3cccc(OC)c23)C1=O. The maximum Gasteiger partial charge on any atom is 0.319 e. The molecule has 114 valence electrons. The fourth-order valence-corrected chi connectivity index (χ4v) is 3.27. The molecule has 0 saturated heterocycles. The van der Waals surface area contributed by atoms with Gasteiger partial charge in [-0.1, -0.05) is 24.3 Å². The first kappa shape index (κ1) is 14.6. The van der Waals surface area contributed by atoms with E-state index in [9.17, 15) is 9.59 Å². The van der Waals surface area contributed by atoms with Crippen LogP contribution in [0.3, 0.4) is 0 Å². The molecule has 4 nitrogen and oxygen atoms in total. The molecule has 0 aromatic heterocycles. The van der Waals surface area contributed by atoms with Gasteiger partial charge in [0.2, 0.25) is 0 Å². The summed E-state index contributed by atoms with van der Waals surface area (Å²) in [5, 5.41) is 2.00. The number of carbonyl (C=O) groups excluding carboxylic acids is 2. The van der Waals surface area contributed by atoms with E-state index in [2.05, 4.69) is 0 Å². The Morgan fingerprint density at radius 2 is 1.95 bits per heavy atom. The average molecular weight is 298 g/mol. The standard InChI is InChI=1S/C18H18O4/c1-18(17(20)22-3)10-9-12-13(16(18)19)8-7-11-5-4-6-14(21-2)15(11)12/h4-8H,9-10H2,1-3H3. The highest BCUT2D eigenvalue weighted by Gasteiger charge is 2.46. The lowest BCUT2D eigenvalue weighted by Crippen LogP contribution is -2.41. The molecule has 1 aliphatic rings. The third-order valence-corrected chi connectivity index (χ3v) is 4.59. The molecule has 22 heavy (non-hydrogen) atoms. The third-order valence-electron chi connectivity index (χ3n) is 4.59. The Morgan fingerprint density at radius 1 is 1.18 bits per heavy atom. The average Bonchev–Trinajstić information content (AvgIpc) is 2.56. The van der Waals surface area contributed by atoms with E-state index in [0.29, 0.717) is 18.4 Å². The van der Waals surface area contributed by atoms with Gasteiger partial charge in [0.25, 0.3) is 0 Å². The second kappa shape index (κ2) is 5.13. The molecule has 4 heteroatoms. The highest BCUT2D eigenvalue weighted by Crippen LogP contribution is 2.41. The third kappa shape index (κ3) is 1.90. The number of hydrogen-bond donors (Lipinski definition) is 0. The molecule has 0 bridgehead atoms. The van der Waals surface area contributed by atoms with Crippen molar-refractivity contribution in [3.05, 3.63) is 41.5 Å². The number of aryl methyl sites for hydroxylation is 1. The number of fused-ring (bicyclic) bond motifs is 3. The molecule has 1 aliphatic carbocycles. The van der Waals surface area contributed by atoms with E-state index >= 15 is 0 Å². The van der Waals surface area contributed by atoms with Gasteiger partial charge in [0, 0.05) is 10.9 Å². The van der Waals surface area contributed by atoms with Crippen LogP contribution in [0.15, 0.2) is 30.3 Å². The zero-order valence-electron chi connectivity index (χ0n) is 12.9. The van der Waals surface area contributed by atoms with Crippen LogP contribution in [0, 0.1) is 5.41 Å². The maximum absolute atomic E-state index is 12.8. The monoisotopic (exact) mass is 298 g/mol.